The maximum Gasteiger partial charge on any atom is 0.237 e. The first kappa shape index (κ1) is 24.4. The van der Waals surface area contributed by atoms with Crippen molar-refractivity contribution in [1.82, 2.24) is 14.8 Å². The van der Waals surface area contributed by atoms with E-state index in [0.717, 1.165) is 24.5 Å². The minimum Gasteiger partial charge on any atom is -0.486 e. The Bertz CT molecular complexity index is 1040. The minimum atomic E-state index is -0.421. The largest absolute Gasteiger partial charge is 0.486 e. The maximum absolute atomic E-state index is 12.8. The number of hydrogen-bond donors (Lipinski definition) is 1. The van der Waals surface area contributed by atoms with Gasteiger partial charge in [0.2, 0.25) is 5.91 Å². The van der Waals surface area contributed by atoms with E-state index in [4.69, 9.17) is 27.9 Å². The van der Waals surface area contributed by atoms with Crippen LogP contribution in [0.15, 0.2) is 53.7 Å². The molecule has 170 valence electrons. The van der Waals surface area contributed by atoms with E-state index in [2.05, 4.69) is 29.4 Å². The van der Waals surface area contributed by atoms with Gasteiger partial charge in [0.05, 0.1) is 21.0 Å². The van der Waals surface area contributed by atoms with Crippen LogP contribution in [-0.2, 0) is 17.9 Å². The Morgan fingerprint density at radius 1 is 1.09 bits per heavy atom. The van der Waals surface area contributed by atoms with Crippen LogP contribution in [0.4, 0.5) is 5.69 Å². The van der Waals surface area contributed by atoms with Crippen LogP contribution >= 0.6 is 35.0 Å². The molecule has 1 atom stereocenters. The number of thioether (sulfide) groups is 1. The zero-order chi connectivity index (χ0) is 23.1. The van der Waals surface area contributed by atoms with Crippen molar-refractivity contribution in [3.63, 3.8) is 0 Å². The molecule has 0 aliphatic carbocycles. The summed E-state index contributed by atoms with van der Waals surface area (Å²) in [6, 6.07) is 14.7. The van der Waals surface area contributed by atoms with Gasteiger partial charge in [-0.05, 0) is 43.5 Å². The van der Waals surface area contributed by atoms with Crippen LogP contribution in [0.1, 0.15) is 33.0 Å². The lowest BCUT2D eigenvalue weighted by Gasteiger charge is -2.15. The Morgan fingerprint density at radius 2 is 1.84 bits per heavy atom. The summed E-state index contributed by atoms with van der Waals surface area (Å²) in [5.41, 5.74) is 0.481. The highest BCUT2D eigenvalue weighted by Gasteiger charge is 2.21. The molecule has 1 unspecified atom stereocenters. The lowest BCUT2D eigenvalue weighted by molar-refractivity contribution is -0.115. The van der Waals surface area contributed by atoms with Gasteiger partial charge in [-0.2, -0.15) is 0 Å². The molecule has 0 radical (unpaired) electrons. The van der Waals surface area contributed by atoms with Crippen LogP contribution in [0.25, 0.3) is 0 Å². The summed E-state index contributed by atoms with van der Waals surface area (Å²) in [6.45, 7) is 7.20. The number of rotatable bonds is 10. The van der Waals surface area contributed by atoms with Crippen molar-refractivity contribution in [2.45, 2.75) is 50.8 Å². The number of carbonyl (C=O) groups is 1. The van der Waals surface area contributed by atoms with Crippen molar-refractivity contribution >= 4 is 46.6 Å². The third-order valence-corrected chi connectivity index (χ3v) is 6.59. The number of aromatic nitrogens is 3. The first-order valence-corrected chi connectivity index (χ1v) is 12.0. The molecule has 1 amide bonds. The molecular formula is C23H26Cl2N4O2S. The summed E-state index contributed by atoms with van der Waals surface area (Å²) in [5.74, 6) is 1.82. The molecule has 1 N–H and O–H groups in total. The van der Waals surface area contributed by atoms with Gasteiger partial charge in [0.15, 0.2) is 11.0 Å². The van der Waals surface area contributed by atoms with Crippen molar-refractivity contribution in [2.75, 3.05) is 5.32 Å². The second-order valence-corrected chi connectivity index (χ2v) is 9.78. The fraction of sp³-hybridized carbons (Fsp3) is 0.348. The molecule has 3 aromatic rings. The Labute approximate surface area is 202 Å². The van der Waals surface area contributed by atoms with E-state index in [9.17, 15) is 4.79 Å². The molecule has 0 aliphatic rings. The molecule has 3 rings (SSSR count). The molecule has 2 aromatic carbocycles. The maximum atomic E-state index is 12.8. The smallest absolute Gasteiger partial charge is 0.237 e. The summed E-state index contributed by atoms with van der Waals surface area (Å²) < 4.78 is 7.90. The second kappa shape index (κ2) is 11.6. The van der Waals surface area contributed by atoms with Crippen molar-refractivity contribution in [2.24, 2.45) is 5.92 Å². The van der Waals surface area contributed by atoms with E-state index < -0.39 is 5.25 Å². The van der Waals surface area contributed by atoms with Gasteiger partial charge in [-0.1, -0.05) is 73.1 Å². The van der Waals surface area contributed by atoms with Crippen molar-refractivity contribution in [3.8, 4) is 5.75 Å². The molecule has 9 heteroatoms. The topological polar surface area (TPSA) is 69.0 Å². The summed E-state index contributed by atoms with van der Waals surface area (Å²) in [5, 5.41) is 12.5. The summed E-state index contributed by atoms with van der Waals surface area (Å²) >= 11 is 13.6. The number of amides is 1. The number of benzene rings is 2. The SMILES string of the molecule is CC(C)CCn1c(COc2ccccc2)nnc1SC(C)C(=O)Nc1cccc(Cl)c1Cl. The molecule has 0 saturated heterocycles. The predicted octanol–water partition coefficient (Wildman–Crippen LogP) is 6.33. The molecule has 6 nitrogen and oxygen atoms in total. The molecule has 0 aliphatic heterocycles. The predicted molar refractivity (Wildman–Crippen MR) is 131 cm³/mol. The van der Waals surface area contributed by atoms with Gasteiger partial charge in [-0.25, -0.2) is 0 Å². The third-order valence-electron chi connectivity index (χ3n) is 4.70. The number of hydrogen-bond acceptors (Lipinski definition) is 5. The number of para-hydroxylation sites is 1. The van der Waals surface area contributed by atoms with Gasteiger partial charge in [0, 0.05) is 6.54 Å². The van der Waals surface area contributed by atoms with E-state index in [1.807, 2.05) is 41.8 Å². The van der Waals surface area contributed by atoms with Gasteiger partial charge >= 0.3 is 0 Å². The van der Waals surface area contributed by atoms with Gasteiger partial charge in [0.1, 0.15) is 12.4 Å². The van der Waals surface area contributed by atoms with Crippen molar-refractivity contribution < 1.29 is 9.53 Å². The quantitative estimate of drug-likeness (QED) is 0.334. The van der Waals surface area contributed by atoms with E-state index in [1.165, 1.54) is 11.8 Å². The number of halogens is 2. The second-order valence-electron chi connectivity index (χ2n) is 7.69. The Hall–Kier alpha value is -2.22. The average Bonchev–Trinajstić information content (AvgIpc) is 3.15. The molecule has 0 saturated carbocycles. The lowest BCUT2D eigenvalue weighted by Crippen LogP contribution is -2.23. The van der Waals surface area contributed by atoms with Gasteiger partial charge in [0.25, 0.3) is 0 Å². The number of ether oxygens (including phenoxy) is 1. The van der Waals surface area contributed by atoms with E-state index in [0.29, 0.717) is 33.4 Å². The number of carbonyl (C=O) groups excluding carboxylic acids is 1. The van der Waals surface area contributed by atoms with Crippen LogP contribution in [0, 0.1) is 5.92 Å². The third kappa shape index (κ3) is 6.64. The van der Waals surface area contributed by atoms with Crippen molar-refractivity contribution in [3.05, 3.63) is 64.4 Å². The molecule has 0 fully saturated rings. The lowest BCUT2D eigenvalue weighted by atomic mass is 10.1. The van der Waals surface area contributed by atoms with Crippen LogP contribution in [0.2, 0.25) is 10.0 Å². The Morgan fingerprint density at radius 3 is 2.56 bits per heavy atom. The fourth-order valence-corrected chi connectivity index (χ4v) is 4.08. The zero-order valence-electron chi connectivity index (χ0n) is 18.2. The average molecular weight is 493 g/mol. The van der Waals surface area contributed by atoms with E-state index in [1.54, 1.807) is 18.2 Å². The van der Waals surface area contributed by atoms with Gasteiger partial charge in [-0.3, -0.25) is 4.79 Å². The fourth-order valence-electron chi connectivity index (χ4n) is 2.84. The highest BCUT2D eigenvalue weighted by atomic mass is 35.5. The van der Waals surface area contributed by atoms with Crippen LogP contribution in [-0.4, -0.2) is 25.9 Å². The molecule has 1 aromatic heterocycles. The number of nitrogens with zero attached hydrogens (tertiary/aromatic N) is 3. The minimum absolute atomic E-state index is 0.195. The Balaban J connectivity index is 1.71. The number of nitrogens with one attached hydrogen (secondary N) is 1. The van der Waals surface area contributed by atoms with Crippen LogP contribution < -0.4 is 10.1 Å². The monoisotopic (exact) mass is 492 g/mol. The van der Waals surface area contributed by atoms with Crippen LogP contribution in [0.5, 0.6) is 5.75 Å². The molecule has 0 bridgehead atoms. The standard InChI is InChI=1S/C23H26Cl2N4O2S/c1-15(2)12-13-29-20(14-31-17-8-5-4-6-9-17)27-28-23(29)32-16(3)22(30)26-19-11-7-10-18(24)21(19)25/h4-11,15-16H,12-14H2,1-3H3,(H,26,30). The van der Waals surface area contributed by atoms with E-state index >= 15 is 0 Å². The molecule has 32 heavy (non-hydrogen) atoms. The first-order valence-electron chi connectivity index (χ1n) is 10.4. The summed E-state index contributed by atoms with van der Waals surface area (Å²) in [7, 11) is 0. The van der Waals surface area contributed by atoms with Crippen LogP contribution in [0.3, 0.4) is 0 Å². The normalized spacial score (nSPS) is 12.1. The van der Waals surface area contributed by atoms with E-state index in [-0.39, 0.29) is 5.91 Å². The summed E-state index contributed by atoms with van der Waals surface area (Å²) in [6.07, 6.45) is 0.961. The first-order chi connectivity index (χ1) is 15.3. The van der Waals surface area contributed by atoms with Gasteiger partial charge < -0.3 is 14.6 Å². The molecule has 1 heterocycles. The molecular weight excluding hydrogens is 467 g/mol. The van der Waals surface area contributed by atoms with Gasteiger partial charge in [-0.15, -0.1) is 10.2 Å². The highest BCUT2D eigenvalue weighted by Crippen LogP contribution is 2.31. The Kier molecular flexibility index (Phi) is 8.84. The van der Waals surface area contributed by atoms with Crippen molar-refractivity contribution in [1.29, 1.82) is 0 Å². The molecule has 0 spiro atoms. The zero-order valence-corrected chi connectivity index (χ0v) is 20.5. The summed E-state index contributed by atoms with van der Waals surface area (Å²) in [4.78, 5) is 12.8. The number of anilines is 1. The highest BCUT2D eigenvalue weighted by molar-refractivity contribution is 8.00.